The van der Waals surface area contributed by atoms with E-state index in [1.807, 2.05) is 6.07 Å². The lowest BCUT2D eigenvalue weighted by molar-refractivity contribution is 0.128. The largest absolute Gasteiger partial charge is 0.389 e. The molecule has 4 heteroatoms. The third kappa shape index (κ3) is 3.54. The number of aliphatic hydroxyl groups excluding tert-OH is 1. The van der Waals surface area contributed by atoms with Gasteiger partial charge in [-0.15, -0.1) is 0 Å². The quantitative estimate of drug-likeness (QED) is 0.893. The number of benzene rings is 1. The summed E-state index contributed by atoms with van der Waals surface area (Å²) in [6, 6.07) is 6.24. The Labute approximate surface area is 130 Å². The van der Waals surface area contributed by atoms with E-state index in [1.54, 1.807) is 6.92 Å². The number of aliphatic hydroxyl groups is 1. The van der Waals surface area contributed by atoms with Crippen molar-refractivity contribution >= 4 is 21.6 Å². The third-order valence-corrected chi connectivity index (χ3v) is 4.71. The van der Waals surface area contributed by atoms with Crippen LogP contribution in [0.25, 0.3) is 0 Å². The lowest BCUT2D eigenvalue weighted by Crippen LogP contribution is -2.53. The predicted molar refractivity (Wildman–Crippen MR) is 88.3 cm³/mol. The van der Waals surface area contributed by atoms with E-state index in [4.69, 9.17) is 0 Å². The maximum atomic E-state index is 9.68. The molecule has 0 saturated carbocycles. The standard InChI is InChI=1S/C16H25BrN2O/c1-12(20)14-6-5-13(11-15(14)17)18-7-9-19(10-8-18)16(2,3)4/h5-6,11-12,20H,7-10H2,1-4H3. The van der Waals surface area contributed by atoms with Crippen LogP contribution in [0.4, 0.5) is 5.69 Å². The van der Waals surface area contributed by atoms with Gasteiger partial charge >= 0.3 is 0 Å². The molecule has 1 aromatic carbocycles. The van der Waals surface area contributed by atoms with Crippen LogP contribution in [0.15, 0.2) is 22.7 Å². The van der Waals surface area contributed by atoms with Crippen molar-refractivity contribution in [2.45, 2.75) is 39.3 Å². The second-order valence-corrected chi connectivity index (χ2v) is 7.38. The van der Waals surface area contributed by atoms with Crippen molar-refractivity contribution in [3.05, 3.63) is 28.2 Å². The predicted octanol–water partition coefficient (Wildman–Crippen LogP) is 3.42. The van der Waals surface area contributed by atoms with E-state index in [0.717, 1.165) is 36.2 Å². The molecule has 1 aliphatic rings. The fraction of sp³-hybridized carbons (Fsp3) is 0.625. The van der Waals surface area contributed by atoms with E-state index in [2.05, 4.69) is 58.6 Å². The van der Waals surface area contributed by atoms with Crippen LogP contribution >= 0.6 is 15.9 Å². The number of halogens is 1. The van der Waals surface area contributed by atoms with Crippen molar-refractivity contribution in [1.29, 1.82) is 0 Å². The molecular weight excluding hydrogens is 316 g/mol. The van der Waals surface area contributed by atoms with Crippen LogP contribution in [-0.2, 0) is 0 Å². The van der Waals surface area contributed by atoms with Crippen molar-refractivity contribution in [3.8, 4) is 0 Å². The van der Waals surface area contributed by atoms with Gasteiger partial charge in [0.2, 0.25) is 0 Å². The maximum Gasteiger partial charge on any atom is 0.0772 e. The monoisotopic (exact) mass is 340 g/mol. The molecule has 1 aliphatic heterocycles. The van der Waals surface area contributed by atoms with Crippen molar-refractivity contribution in [3.63, 3.8) is 0 Å². The SMILES string of the molecule is CC(O)c1ccc(N2CCN(C(C)(C)C)CC2)cc1Br. The van der Waals surface area contributed by atoms with Crippen molar-refractivity contribution in [2.75, 3.05) is 31.1 Å². The van der Waals surface area contributed by atoms with E-state index in [0.29, 0.717) is 0 Å². The van der Waals surface area contributed by atoms with Gasteiger partial charge in [-0.05, 0) is 45.4 Å². The number of rotatable bonds is 2. The van der Waals surface area contributed by atoms with E-state index in [-0.39, 0.29) is 5.54 Å². The fourth-order valence-corrected chi connectivity index (χ4v) is 3.39. The highest BCUT2D eigenvalue weighted by Gasteiger charge is 2.26. The molecule has 1 heterocycles. The van der Waals surface area contributed by atoms with Gasteiger partial charge in [0.05, 0.1) is 6.10 Å². The molecule has 2 rings (SSSR count). The van der Waals surface area contributed by atoms with Crippen LogP contribution < -0.4 is 4.90 Å². The molecule has 1 unspecified atom stereocenters. The Morgan fingerprint density at radius 3 is 2.20 bits per heavy atom. The molecule has 1 N–H and O–H groups in total. The molecule has 20 heavy (non-hydrogen) atoms. The fourth-order valence-electron chi connectivity index (χ4n) is 2.69. The lowest BCUT2D eigenvalue weighted by atomic mass is 10.0. The molecule has 0 radical (unpaired) electrons. The van der Waals surface area contributed by atoms with Gasteiger partial charge in [0.25, 0.3) is 0 Å². The van der Waals surface area contributed by atoms with Gasteiger partial charge in [-0.2, -0.15) is 0 Å². The summed E-state index contributed by atoms with van der Waals surface area (Å²) in [7, 11) is 0. The first-order chi connectivity index (χ1) is 9.29. The molecule has 0 amide bonds. The van der Waals surface area contributed by atoms with Gasteiger partial charge in [0.1, 0.15) is 0 Å². The van der Waals surface area contributed by atoms with Crippen LogP contribution in [0.2, 0.25) is 0 Å². The van der Waals surface area contributed by atoms with Crippen LogP contribution in [0.3, 0.4) is 0 Å². The minimum absolute atomic E-state index is 0.253. The van der Waals surface area contributed by atoms with Crippen molar-refractivity contribution in [1.82, 2.24) is 4.90 Å². The third-order valence-electron chi connectivity index (χ3n) is 4.03. The first-order valence-corrected chi connectivity index (χ1v) is 8.06. The highest BCUT2D eigenvalue weighted by Crippen LogP contribution is 2.29. The highest BCUT2D eigenvalue weighted by atomic mass is 79.9. The average molecular weight is 341 g/mol. The van der Waals surface area contributed by atoms with E-state index in [9.17, 15) is 5.11 Å². The van der Waals surface area contributed by atoms with Crippen molar-refractivity contribution in [2.24, 2.45) is 0 Å². The number of nitrogens with zero attached hydrogens (tertiary/aromatic N) is 2. The number of piperazine rings is 1. The Morgan fingerprint density at radius 1 is 1.15 bits per heavy atom. The summed E-state index contributed by atoms with van der Waals surface area (Å²) in [4.78, 5) is 4.95. The number of hydrogen-bond acceptors (Lipinski definition) is 3. The van der Waals surface area contributed by atoms with Gasteiger partial charge < -0.3 is 10.0 Å². The van der Waals surface area contributed by atoms with Crippen molar-refractivity contribution < 1.29 is 5.11 Å². The topological polar surface area (TPSA) is 26.7 Å². The highest BCUT2D eigenvalue weighted by molar-refractivity contribution is 9.10. The molecule has 1 atom stereocenters. The van der Waals surface area contributed by atoms with Gasteiger partial charge in [-0.25, -0.2) is 0 Å². The summed E-state index contributed by atoms with van der Waals surface area (Å²) in [6.07, 6.45) is -0.434. The molecule has 3 nitrogen and oxygen atoms in total. The van der Waals surface area contributed by atoms with Gasteiger partial charge in [-0.1, -0.05) is 22.0 Å². The van der Waals surface area contributed by atoms with Gasteiger partial charge in [-0.3, -0.25) is 4.90 Å². The second kappa shape index (κ2) is 6.04. The molecule has 1 aromatic rings. The van der Waals surface area contributed by atoms with E-state index in [1.165, 1.54) is 5.69 Å². The summed E-state index contributed by atoms with van der Waals surface area (Å²) in [5, 5.41) is 9.68. The van der Waals surface area contributed by atoms with Gasteiger partial charge in [0, 0.05) is 41.9 Å². The van der Waals surface area contributed by atoms with Crippen LogP contribution in [-0.4, -0.2) is 41.7 Å². The zero-order valence-corrected chi connectivity index (χ0v) is 14.4. The molecule has 0 aromatic heterocycles. The van der Waals surface area contributed by atoms with Crippen LogP contribution in [0.1, 0.15) is 39.4 Å². The number of hydrogen-bond donors (Lipinski definition) is 1. The molecule has 0 bridgehead atoms. The minimum atomic E-state index is -0.434. The molecule has 0 spiro atoms. The smallest absolute Gasteiger partial charge is 0.0772 e. The zero-order chi connectivity index (χ0) is 14.9. The molecule has 0 aliphatic carbocycles. The molecule has 1 saturated heterocycles. The Balaban J connectivity index is 2.06. The summed E-state index contributed by atoms with van der Waals surface area (Å²) in [5.41, 5.74) is 2.43. The van der Waals surface area contributed by atoms with E-state index < -0.39 is 6.10 Å². The average Bonchev–Trinajstić information content (AvgIpc) is 2.37. The molecule has 112 valence electrons. The Morgan fingerprint density at radius 2 is 1.75 bits per heavy atom. The zero-order valence-electron chi connectivity index (χ0n) is 12.9. The molecule has 1 fully saturated rings. The van der Waals surface area contributed by atoms with Crippen LogP contribution in [0.5, 0.6) is 0 Å². The summed E-state index contributed by atoms with van der Waals surface area (Å²) < 4.78 is 0.989. The first-order valence-electron chi connectivity index (χ1n) is 7.26. The first kappa shape index (κ1) is 15.8. The number of anilines is 1. The normalized spacial score (nSPS) is 19.2. The lowest BCUT2D eigenvalue weighted by Gasteiger charge is -2.43. The molecular formula is C16H25BrN2O. The van der Waals surface area contributed by atoms with Crippen LogP contribution in [0, 0.1) is 0 Å². The minimum Gasteiger partial charge on any atom is -0.389 e. The Kier molecular flexibility index (Phi) is 4.77. The van der Waals surface area contributed by atoms with Gasteiger partial charge in [0.15, 0.2) is 0 Å². The second-order valence-electron chi connectivity index (χ2n) is 6.53. The Hall–Kier alpha value is -0.580. The summed E-state index contributed by atoms with van der Waals surface area (Å²) >= 11 is 3.56. The summed E-state index contributed by atoms with van der Waals surface area (Å²) in [6.45, 7) is 12.9. The van der Waals surface area contributed by atoms with E-state index >= 15 is 0 Å². The maximum absolute atomic E-state index is 9.68. The Bertz CT molecular complexity index is 460. The summed E-state index contributed by atoms with van der Waals surface area (Å²) in [5.74, 6) is 0.